The number of amides is 1. The Morgan fingerprint density at radius 1 is 0.926 bits per heavy atom. The van der Waals surface area contributed by atoms with Gasteiger partial charge in [-0.2, -0.15) is 13.2 Å². The van der Waals surface area contributed by atoms with Gasteiger partial charge in [-0.3, -0.25) is 9.59 Å². The second kappa shape index (κ2) is 7.06. The first kappa shape index (κ1) is 18.9. The van der Waals surface area contributed by atoms with E-state index in [4.69, 9.17) is 0 Å². The predicted octanol–water partition coefficient (Wildman–Crippen LogP) is 3.96. The molecule has 1 amide bonds. The van der Waals surface area contributed by atoms with Gasteiger partial charge in [0.05, 0.1) is 16.5 Å². The molecule has 1 aliphatic rings. The number of nitrogens with zero attached hydrogens (tertiary/aromatic N) is 1. The molecule has 1 heterocycles. The summed E-state index contributed by atoms with van der Waals surface area (Å²) in [6.07, 6.45) is -4.34. The number of rotatable bonds is 3. The van der Waals surface area contributed by atoms with Crippen LogP contribution < -0.4 is 0 Å². The number of benzene rings is 2. The summed E-state index contributed by atoms with van der Waals surface area (Å²) >= 11 is 0. The highest BCUT2D eigenvalue weighted by Gasteiger charge is 2.44. The Hall–Kier alpha value is -2.83. The minimum absolute atomic E-state index is 0.0756. The first-order valence-electron chi connectivity index (χ1n) is 8.50. The molecule has 1 aliphatic heterocycles. The monoisotopic (exact) mass is 377 g/mol. The van der Waals surface area contributed by atoms with Crippen molar-refractivity contribution in [1.29, 1.82) is 0 Å². The topological polar surface area (TPSA) is 57.6 Å². The largest absolute Gasteiger partial charge is 0.481 e. The van der Waals surface area contributed by atoms with Gasteiger partial charge in [0.25, 0.3) is 5.91 Å². The zero-order chi connectivity index (χ0) is 19.7. The molecule has 1 saturated heterocycles. The van der Waals surface area contributed by atoms with Crippen LogP contribution in [-0.2, 0) is 16.4 Å². The molecule has 2 aromatic carbocycles. The van der Waals surface area contributed by atoms with Crippen molar-refractivity contribution in [2.75, 3.05) is 13.1 Å². The van der Waals surface area contributed by atoms with Crippen LogP contribution in [0.25, 0.3) is 0 Å². The predicted molar refractivity (Wildman–Crippen MR) is 92.3 cm³/mol. The van der Waals surface area contributed by atoms with Crippen LogP contribution >= 0.6 is 0 Å². The van der Waals surface area contributed by atoms with Crippen molar-refractivity contribution in [3.63, 3.8) is 0 Å². The molecule has 0 aromatic heterocycles. The smallest absolute Gasteiger partial charge is 0.417 e. The number of aliphatic carboxylic acids is 1. The van der Waals surface area contributed by atoms with E-state index in [0.29, 0.717) is 5.56 Å². The van der Waals surface area contributed by atoms with Crippen molar-refractivity contribution in [3.8, 4) is 0 Å². The third-order valence-corrected chi connectivity index (χ3v) is 5.10. The van der Waals surface area contributed by atoms with Gasteiger partial charge in [0.1, 0.15) is 0 Å². The Balaban J connectivity index is 1.84. The number of carbonyl (C=O) groups is 2. The lowest BCUT2D eigenvalue weighted by Gasteiger charge is -2.39. The molecular formula is C20H18F3NO3. The maximum absolute atomic E-state index is 13.2. The standard InChI is InChI=1S/C20H18F3NO3/c21-20(22,23)16-9-5-4-8-15(16)17(25)24-12-10-19(11-13-24,18(26)27)14-6-2-1-3-7-14/h1-9H,10-13H2,(H,26,27). The number of alkyl halides is 3. The normalized spacial score (nSPS) is 16.8. The van der Waals surface area contributed by atoms with Crippen molar-refractivity contribution in [1.82, 2.24) is 4.90 Å². The van der Waals surface area contributed by atoms with E-state index in [1.54, 1.807) is 30.3 Å². The highest BCUT2D eigenvalue weighted by Crippen LogP contribution is 2.37. The number of halogens is 3. The molecule has 0 bridgehead atoms. The zero-order valence-electron chi connectivity index (χ0n) is 14.4. The van der Waals surface area contributed by atoms with E-state index in [2.05, 4.69) is 0 Å². The van der Waals surface area contributed by atoms with E-state index in [1.807, 2.05) is 0 Å². The molecular weight excluding hydrogens is 359 g/mol. The summed E-state index contributed by atoms with van der Waals surface area (Å²) in [6, 6.07) is 13.4. The quantitative estimate of drug-likeness (QED) is 0.881. The molecule has 1 N–H and O–H groups in total. The van der Waals surface area contributed by atoms with E-state index in [9.17, 15) is 27.9 Å². The van der Waals surface area contributed by atoms with Gasteiger partial charge in [0.2, 0.25) is 0 Å². The molecule has 0 radical (unpaired) electrons. The van der Waals surface area contributed by atoms with Crippen molar-refractivity contribution >= 4 is 11.9 Å². The molecule has 0 unspecified atom stereocenters. The summed E-state index contributed by atoms with van der Waals surface area (Å²) in [5.74, 6) is -1.72. The molecule has 4 nitrogen and oxygen atoms in total. The molecule has 1 fully saturated rings. The number of carboxylic acid groups (broad SMARTS) is 1. The van der Waals surface area contributed by atoms with Crippen LogP contribution in [0.1, 0.15) is 34.3 Å². The molecule has 2 aromatic rings. The van der Waals surface area contributed by atoms with E-state index >= 15 is 0 Å². The number of likely N-dealkylation sites (tertiary alicyclic amines) is 1. The number of hydrogen-bond acceptors (Lipinski definition) is 2. The van der Waals surface area contributed by atoms with Gasteiger partial charge in [-0.05, 0) is 30.5 Å². The van der Waals surface area contributed by atoms with Gasteiger partial charge >= 0.3 is 12.1 Å². The van der Waals surface area contributed by atoms with Crippen LogP contribution in [0.5, 0.6) is 0 Å². The van der Waals surface area contributed by atoms with Crippen LogP contribution in [0.4, 0.5) is 13.2 Å². The third kappa shape index (κ3) is 3.54. The molecule has 27 heavy (non-hydrogen) atoms. The van der Waals surface area contributed by atoms with Gasteiger partial charge in [-0.1, -0.05) is 42.5 Å². The lowest BCUT2D eigenvalue weighted by molar-refractivity contribution is -0.145. The van der Waals surface area contributed by atoms with E-state index in [-0.39, 0.29) is 25.9 Å². The van der Waals surface area contributed by atoms with Crippen LogP contribution in [0.2, 0.25) is 0 Å². The van der Waals surface area contributed by atoms with Crippen LogP contribution in [0.15, 0.2) is 54.6 Å². The fourth-order valence-electron chi connectivity index (χ4n) is 3.56. The molecule has 142 valence electrons. The summed E-state index contributed by atoms with van der Waals surface area (Å²) in [6.45, 7) is 0.151. The van der Waals surface area contributed by atoms with Crippen molar-refractivity contribution in [2.45, 2.75) is 24.4 Å². The Labute approximate surface area is 154 Å². The maximum atomic E-state index is 13.2. The van der Waals surface area contributed by atoms with E-state index < -0.39 is 34.6 Å². The lowest BCUT2D eigenvalue weighted by atomic mass is 9.72. The van der Waals surface area contributed by atoms with E-state index in [1.165, 1.54) is 17.0 Å². The minimum atomic E-state index is -4.63. The van der Waals surface area contributed by atoms with E-state index in [0.717, 1.165) is 12.1 Å². The second-order valence-corrected chi connectivity index (χ2v) is 6.59. The molecule has 3 rings (SSSR count). The first-order valence-corrected chi connectivity index (χ1v) is 8.50. The zero-order valence-corrected chi connectivity index (χ0v) is 14.4. The van der Waals surface area contributed by atoms with Crippen molar-refractivity contribution in [2.24, 2.45) is 0 Å². The first-order chi connectivity index (χ1) is 12.8. The van der Waals surface area contributed by atoms with Crippen LogP contribution in [0, 0.1) is 0 Å². The van der Waals surface area contributed by atoms with Crippen molar-refractivity contribution < 1.29 is 27.9 Å². The number of piperidine rings is 1. The lowest BCUT2D eigenvalue weighted by Crippen LogP contribution is -2.49. The average molecular weight is 377 g/mol. The van der Waals surface area contributed by atoms with Gasteiger partial charge in [-0.15, -0.1) is 0 Å². The third-order valence-electron chi connectivity index (χ3n) is 5.10. The Bertz CT molecular complexity index is 841. The summed E-state index contributed by atoms with van der Waals surface area (Å²) in [4.78, 5) is 25.9. The SMILES string of the molecule is O=C(c1ccccc1C(F)(F)F)N1CCC(C(=O)O)(c2ccccc2)CC1. The van der Waals surface area contributed by atoms with Gasteiger partial charge < -0.3 is 10.0 Å². The molecule has 0 aliphatic carbocycles. The molecule has 0 saturated carbocycles. The van der Waals surface area contributed by atoms with Gasteiger partial charge in [0.15, 0.2) is 0 Å². The summed E-state index contributed by atoms with van der Waals surface area (Å²) in [7, 11) is 0. The Morgan fingerprint density at radius 2 is 1.48 bits per heavy atom. The maximum Gasteiger partial charge on any atom is 0.417 e. The average Bonchev–Trinajstić information content (AvgIpc) is 2.67. The van der Waals surface area contributed by atoms with Crippen LogP contribution in [-0.4, -0.2) is 35.0 Å². The molecule has 0 spiro atoms. The molecule has 0 atom stereocenters. The summed E-state index contributed by atoms with van der Waals surface area (Å²) in [5, 5.41) is 9.78. The fourth-order valence-corrected chi connectivity index (χ4v) is 3.56. The Morgan fingerprint density at radius 3 is 2.04 bits per heavy atom. The highest BCUT2D eigenvalue weighted by atomic mass is 19.4. The van der Waals surface area contributed by atoms with Crippen LogP contribution in [0.3, 0.4) is 0 Å². The summed E-state index contributed by atoms with van der Waals surface area (Å²) in [5.41, 5.74) is -1.89. The number of hydrogen-bond donors (Lipinski definition) is 1. The number of carbonyl (C=O) groups excluding carboxylic acids is 1. The highest BCUT2D eigenvalue weighted by molar-refractivity contribution is 5.96. The van der Waals surface area contributed by atoms with Crippen molar-refractivity contribution in [3.05, 3.63) is 71.3 Å². The molecule has 7 heteroatoms. The second-order valence-electron chi connectivity index (χ2n) is 6.59. The minimum Gasteiger partial charge on any atom is -0.481 e. The van der Waals surface area contributed by atoms with Gasteiger partial charge in [0, 0.05) is 13.1 Å². The summed E-state index contributed by atoms with van der Waals surface area (Å²) < 4.78 is 39.5. The Kier molecular flexibility index (Phi) is 4.95. The fraction of sp³-hybridized carbons (Fsp3) is 0.300. The number of carboxylic acids is 1. The van der Waals surface area contributed by atoms with Gasteiger partial charge in [-0.25, -0.2) is 0 Å².